The summed E-state index contributed by atoms with van der Waals surface area (Å²) in [6, 6.07) is 1.75. The summed E-state index contributed by atoms with van der Waals surface area (Å²) in [5.41, 5.74) is 0.825. The Labute approximate surface area is 137 Å². The van der Waals surface area contributed by atoms with Crippen LogP contribution in [0.1, 0.15) is 52.8 Å². The summed E-state index contributed by atoms with van der Waals surface area (Å²) < 4.78 is 10.6. The zero-order valence-corrected chi connectivity index (χ0v) is 13.5. The van der Waals surface area contributed by atoms with E-state index in [1.165, 1.54) is 18.3 Å². The third-order valence-corrected chi connectivity index (χ3v) is 4.58. The van der Waals surface area contributed by atoms with Crippen molar-refractivity contribution in [2.24, 2.45) is 0 Å². The van der Waals surface area contributed by atoms with Gasteiger partial charge in [-0.05, 0) is 36.8 Å². The molecule has 0 unspecified atom stereocenters. The first kappa shape index (κ1) is 15.8. The molecule has 1 N–H and O–H groups in total. The molecule has 122 valence electrons. The third kappa shape index (κ3) is 4.02. The van der Waals surface area contributed by atoms with Crippen LogP contribution in [-0.4, -0.2) is 28.4 Å². The topological polar surface area (TPSA) is 94.3 Å². The third-order valence-electron chi connectivity index (χ3n) is 3.50. The lowest BCUT2D eigenvalue weighted by Gasteiger charge is -2.01. The van der Waals surface area contributed by atoms with Crippen LogP contribution in [0.5, 0.6) is 0 Å². The molecule has 0 radical (unpaired) electrons. The van der Waals surface area contributed by atoms with Gasteiger partial charge in [-0.2, -0.15) is 4.98 Å². The zero-order valence-electron chi connectivity index (χ0n) is 12.7. The summed E-state index contributed by atoms with van der Waals surface area (Å²) in [5, 5.41) is 8.41. The number of nitrogens with one attached hydrogen (secondary N) is 1. The SMILES string of the molecule is CC(=O)c1cc(CC(=O)NCc2noc([C@@H]3CCCO3)n2)cs1. The van der Waals surface area contributed by atoms with Crippen molar-refractivity contribution in [3.63, 3.8) is 0 Å². The van der Waals surface area contributed by atoms with Crippen LogP contribution >= 0.6 is 11.3 Å². The number of ketones is 1. The molecule has 2 aromatic rings. The Balaban J connectivity index is 1.49. The number of hydrogen-bond donors (Lipinski definition) is 1. The van der Waals surface area contributed by atoms with Crippen molar-refractivity contribution in [1.29, 1.82) is 0 Å². The van der Waals surface area contributed by atoms with Gasteiger partial charge in [0.15, 0.2) is 11.6 Å². The molecule has 0 aliphatic carbocycles. The Kier molecular flexibility index (Phi) is 4.82. The Morgan fingerprint density at radius 2 is 2.35 bits per heavy atom. The van der Waals surface area contributed by atoms with Gasteiger partial charge in [0.1, 0.15) is 6.10 Å². The molecule has 1 aliphatic heterocycles. The highest BCUT2D eigenvalue weighted by Gasteiger charge is 2.23. The van der Waals surface area contributed by atoms with Gasteiger partial charge in [0.25, 0.3) is 5.89 Å². The number of hydrogen-bond acceptors (Lipinski definition) is 7. The summed E-state index contributed by atoms with van der Waals surface area (Å²) in [5.74, 6) is 0.755. The first-order valence-corrected chi connectivity index (χ1v) is 8.29. The van der Waals surface area contributed by atoms with E-state index in [1.807, 2.05) is 5.38 Å². The molecular formula is C15H17N3O4S. The van der Waals surface area contributed by atoms with Gasteiger partial charge in [0.05, 0.1) is 17.8 Å². The number of thiophene rings is 1. The second-order valence-corrected chi connectivity index (χ2v) is 6.29. The smallest absolute Gasteiger partial charge is 0.255 e. The zero-order chi connectivity index (χ0) is 16.2. The minimum Gasteiger partial charge on any atom is -0.368 e. The molecule has 3 heterocycles. The van der Waals surface area contributed by atoms with Gasteiger partial charge < -0.3 is 14.6 Å². The molecule has 0 aromatic carbocycles. The Bertz CT molecular complexity index is 703. The largest absolute Gasteiger partial charge is 0.368 e. The van der Waals surface area contributed by atoms with Crippen molar-refractivity contribution < 1.29 is 18.8 Å². The number of Topliss-reactive ketones (excluding diaryl/α,β-unsaturated/α-hetero) is 1. The fourth-order valence-corrected chi connectivity index (χ4v) is 3.14. The van der Waals surface area contributed by atoms with Crippen LogP contribution < -0.4 is 5.32 Å². The number of rotatable bonds is 6. The number of carbonyl (C=O) groups excluding carboxylic acids is 2. The van der Waals surface area contributed by atoms with Gasteiger partial charge in [0.2, 0.25) is 5.91 Å². The standard InChI is InChI=1S/C15H17N3O4S/c1-9(19)12-5-10(8-23-12)6-14(20)16-7-13-17-15(22-18-13)11-3-2-4-21-11/h5,8,11H,2-4,6-7H2,1H3,(H,16,20)/t11-/m0/s1. The number of ether oxygens (including phenoxy) is 1. The molecule has 1 atom stereocenters. The summed E-state index contributed by atoms with van der Waals surface area (Å²) in [4.78, 5) is 28.1. The minimum absolute atomic E-state index is 0.00937. The summed E-state index contributed by atoms with van der Waals surface area (Å²) in [6.07, 6.45) is 1.97. The van der Waals surface area contributed by atoms with Crippen molar-refractivity contribution in [3.8, 4) is 0 Å². The summed E-state index contributed by atoms with van der Waals surface area (Å²) >= 11 is 1.35. The number of carbonyl (C=O) groups is 2. The van der Waals surface area contributed by atoms with Gasteiger partial charge in [0, 0.05) is 6.61 Å². The van der Waals surface area contributed by atoms with Gasteiger partial charge in [-0.3, -0.25) is 9.59 Å². The van der Waals surface area contributed by atoms with E-state index < -0.39 is 0 Å². The predicted molar refractivity (Wildman–Crippen MR) is 82.1 cm³/mol. The Morgan fingerprint density at radius 1 is 1.48 bits per heavy atom. The number of aromatic nitrogens is 2. The summed E-state index contributed by atoms with van der Waals surface area (Å²) in [7, 11) is 0. The molecule has 2 aromatic heterocycles. The maximum absolute atomic E-state index is 11.9. The second kappa shape index (κ2) is 7.01. The van der Waals surface area contributed by atoms with E-state index in [0.29, 0.717) is 23.2 Å². The van der Waals surface area contributed by atoms with Gasteiger partial charge in [-0.1, -0.05) is 5.16 Å². The molecule has 1 amide bonds. The van der Waals surface area contributed by atoms with Crippen LogP contribution in [0.3, 0.4) is 0 Å². The molecule has 8 heteroatoms. The van der Waals surface area contributed by atoms with E-state index in [4.69, 9.17) is 9.26 Å². The van der Waals surface area contributed by atoms with Crippen LogP contribution in [0.2, 0.25) is 0 Å². The average molecular weight is 335 g/mol. The van der Waals surface area contributed by atoms with E-state index in [-0.39, 0.29) is 30.8 Å². The maximum Gasteiger partial charge on any atom is 0.255 e. The molecule has 3 rings (SSSR count). The lowest BCUT2D eigenvalue weighted by molar-refractivity contribution is -0.120. The van der Waals surface area contributed by atoms with Gasteiger partial charge >= 0.3 is 0 Å². The van der Waals surface area contributed by atoms with Crippen molar-refractivity contribution in [2.45, 2.75) is 38.8 Å². The average Bonchev–Trinajstić information content (AvgIpc) is 3.25. The fourth-order valence-electron chi connectivity index (χ4n) is 2.32. The van der Waals surface area contributed by atoms with E-state index in [2.05, 4.69) is 15.5 Å². The highest BCUT2D eigenvalue weighted by Crippen LogP contribution is 2.26. The van der Waals surface area contributed by atoms with Gasteiger partial charge in [-0.25, -0.2) is 0 Å². The quantitative estimate of drug-likeness (QED) is 0.812. The molecule has 7 nitrogen and oxygen atoms in total. The molecule has 1 aliphatic rings. The lowest BCUT2D eigenvalue weighted by Crippen LogP contribution is -2.25. The van der Waals surface area contributed by atoms with E-state index in [1.54, 1.807) is 6.07 Å². The van der Waals surface area contributed by atoms with Crippen molar-refractivity contribution in [2.75, 3.05) is 6.61 Å². The van der Waals surface area contributed by atoms with Crippen molar-refractivity contribution in [3.05, 3.63) is 33.6 Å². The van der Waals surface area contributed by atoms with E-state index in [9.17, 15) is 9.59 Å². The molecule has 1 saturated heterocycles. The molecule has 0 bridgehead atoms. The van der Waals surface area contributed by atoms with Gasteiger partial charge in [-0.15, -0.1) is 11.3 Å². The van der Waals surface area contributed by atoms with Crippen LogP contribution in [-0.2, 0) is 22.5 Å². The van der Waals surface area contributed by atoms with E-state index in [0.717, 1.165) is 18.4 Å². The van der Waals surface area contributed by atoms with Crippen LogP contribution in [0.25, 0.3) is 0 Å². The molecule has 1 fully saturated rings. The van der Waals surface area contributed by atoms with E-state index >= 15 is 0 Å². The minimum atomic E-state index is -0.152. The molecule has 0 saturated carbocycles. The maximum atomic E-state index is 11.9. The molecule has 0 spiro atoms. The van der Waals surface area contributed by atoms with Crippen LogP contribution in [0.15, 0.2) is 16.0 Å². The first-order chi connectivity index (χ1) is 11.1. The van der Waals surface area contributed by atoms with Crippen molar-refractivity contribution in [1.82, 2.24) is 15.5 Å². The monoisotopic (exact) mass is 335 g/mol. The number of amides is 1. The first-order valence-electron chi connectivity index (χ1n) is 7.41. The Morgan fingerprint density at radius 3 is 3.04 bits per heavy atom. The fraction of sp³-hybridized carbons (Fsp3) is 0.467. The molecular weight excluding hydrogens is 318 g/mol. The summed E-state index contributed by atoms with van der Waals surface area (Å²) in [6.45, 7) is 2.43. The van der Waals surface area contributed by atoms with Crippen LogP contribution in [0, 0.1) is 0 Å². The normalized spacial score (nSPS) is 17.3. The highest BCUT2D eigenvalue weighted by molar-refractivity contribution is 7.12. The second-order valence-electron chi connectivity index (χ2n) is 5.38. The Hall–Kier alpha value is -2.06. The highest BCUT2D eigenvalue weighted by atomic mass is 32.1. The molecule has 23 heavy (non-hydrogen) atoms. The predicted octanol–water partition coefficient (Wildman–Crippen LogP) is 2.04. The number of nitrogens with zero attached hydrogens (tertiary/aromatic N) is 2. The van der Waals surface area contributed by atoms with Crippen LogP contribution in [0.4, 0.5) is 0 Å². The lowest BCUT2D eigenvalue weighted by atomic mass is 10.2. The van der Waals surface area contributed by atoms with Crippen molar-refractivity contribution >= 4 is 23.0 Å².